The number of nitrogens with zero attached hydrogens (tertiary/aromatic N) is 5. The van der Waals surface area contributed by atoms with Crippen molar-refractivity contribution in [3.05, 3.63) is 58.9 Å². The Hall–Kier alpha value is -2.73. The van der Waals surface area contributed by atoms with Crippen LogP contribution < -0.4 is 9.80 Å². The van der Waals surface area contributed by atoms with E-state index in [1.807, 2.05) is 34.5 Å². The number of carbonyl (C=O) groups is 1. The highest BCUT2D eigenvalue weighted by Gasteiger charge is 2.30. The maximum atomic E-state index is 12.7. The molecule has 1 saturated heterocycles. The first kappa shape index (κ1) is 26.3. The molecular weight excluding hydrogens is 512 g/mol. The van der Waals surface area contributed by atoms with Crippen molar-refractivity contribution in [2.24, 2.45) is 0 Å². The Bertz CT molecular complexity index is 1170. The molecule has 36 heavy (non-hydrogen) atoms. The van der Waals surface area contributed by atoms with E-state index in [9.17, 15) is 18.1 Å². The Morgan fingerprint density at radius 2 is 1.89 bits per heavy atom. The third kappa shape index (κ3) is 5.97. The third-order valence-electron chi connectivity index (χ3n) is 6.17. The van der Waals surface area contributed by atoms with E-state index >= 15 is 0 Å². The van der Waals surface area contributed by atoms with Gasteiger partial charge in [-0.2, -0.15) is 8.78 Å². The largest absolute Gasteiger partial charge is 0.598 e. The summed E-state index contributed by atoms with van der Waals surface area (Å²) < 4.78 is 44.2. The van der Waals surface area contributed by atoms with E-state index in [4.69, 9.17) is 16.0 Å². The summed E-state index contributed by atoms with van der Waals surface area (Å²) in [5.41, 5.74) is 3.03. The Morgan fingerprint density at radius 3 is 2.47 bits per heavy atom. The second kappa shape index (κ2) is 11.5. The summed E-state index contributed by atoms with van der Waals surface area (Å²) in [4.78, 5) is 15.9. The third-order valence-corrected chi connectivity index (χ3v) is 7.50. The first-order valence-electron chi connectivity index (χ1n) is 11.3. The van der Waals surface area contributed by atoms with Crippen LogP contribution in [0, 0.1) is 0 Å². The smallest absolute Gasteiger partial charge is 0.314 e. The topological polar surface area (TPSA) is 88.8 Å². The van der Waals surface area contributed by atoms with E-state index in [0.717, 1.165) is 17.7 Å². The van der Waals surface area contributed by atoms with Crippen molar-refractivity contribution >= 4 is 40.7 Å². The fourth-order valence-electron chi connectivity index (χ4n) is 4.29. The highest BCUT2D eigenvalue weighted by atomic mass is 35.5. The van der Waals surface area contributed by atoms with E-state index in [1.165, 1.54) is 0 Å². The van der Waals surface area contributed by atoms with Gasteiger partial charge in [0, 0.05) is 54.7 Å². The van der Waals surface area contributed by atoms with Crippen LogP contribution in [0.4, 0.5) is 20.2 Å². The number of rotatable bonds is 9. The summed E-state index contributed by atoms with van der Waals surface area (Å²) in [6, 6.07) is 12.6. The molecule has 4 rings (SSSR count). The van der Waals surface area contributed by atoms with Gasteiger partial charge in [0.2, 0.25) is 12.3 Å². The van der Waals surface area contributed by atoms with Gasteiger partial charge < -0.3 is 18.8 Å². The second-order valence-electron chi connectivity index (χ2n) is 8.53. The van der Waals surface area contributed by atoms with Gasteiger partial charge in [0.25, 0.3) is 5.89 Å². The highest BCUT2D eigenvalue weighted by Crippen LogP contribution is 2.35. The van der Waals surface area contributed by atoms with Crippen molar-refractivity contribution < 1.29 is 22.5 Å². The van der Waals surface area contributed by atoms with Crippen molar-refractivity contribution in [3.63, 3.8) is 0 Å². The molecular formula is C24H26ClF2N5O3S. The van der Waals surface area contributed by atoms with Crippen LogP contribution >= 0.6 is 11.6 Å². The molecule has 1 atom stereocenters. The van der Waals surface area contributed by atoms with E-state index in [1.54, 1.807) is 35.4 Å². The Morgan fingerprint density at radius 1 is 1.19 bits per heavy atom. The Labute approximate surface area is 216 Å². The van der Waals surface area contributed by atoms with E-state index in [0.29, 0.717) is 48.7 Å². The van der Waals surface area contributed by atoms with Gasteiger partial charge in [-0.3, -0.25) is 4.79 Å². The van der Waals surface area contributed by atoms with Crippen LogP contribution in [-0.4, -0.2) is 57.9 Å². The predicted octanol–water partition coefficient (Wildman–Crippen LogP) is 4.68. The van der Waals surface area contributed by atoms with Crippen LogP contribution in [0.5, 0.6) is 0 Å². The van der Waals surface area contributed by atoms with Crippen molar-refractivity contribution in [3.8, 4) is 11.5 Å². The number of halogens is 3. The molecule has 12 heteroatoms. The zero-order valence-corrected chi connectivity index (χ0v) is 21.4. The number of amides is 1. The molecule has 1 aromatic heterocycles. The normalized spacial score (nSPS) is 15.8. The summed E-state index contributed by atoms with van der Waals surface area (Å²) in [5, 5.41) is 7.55. The summed E-state index contributed by atoms with van der Waals surface area (Å²) in [6.07, 6.45) is 1.09. The molecule has 0 spiro atoms. The maximum absolute atomic E-state index is 12.7. The molecule has 0 saturated carbocycles. The predicted molar refractivity (Wildman–Crippen MR) is 135 cm³/mol. The quantitative estimate of drug-likeness (QED) is 0.289. The fraction of sp³-hybridized carbons (Fsp3) is 0.375. The number of aromatic nitrogens is 2. The van der Waals surface area contributed by atoms with Gasteiger partial charge in [-0.05, 0) is 48.7 Å². The summed E-state index contributed by atoms with van der Waals surface area (Å²) in [6.45, 7) is 1.81. The molecule has 0 bridgehead atoms. The van der Waals surface area contributed by atoms with Gasteiger partial charge in [-0.1, -0.05) is 23.7 Å². The van der Waals surface area contributed by atoms with Gasteiger partial charge in [0.1, 0.15) is 6.26 Å². The van der Waals surface area contributed by atoms with Crippen molar-refractivity contribution in [2.45, 2.75) is 31.9 Å². The van der Waals surface area contributed by atoms with Gasteiger partial charge in [0.15, 0.2) is 0 Å². The molecule has 0 N–H and O–H groups in total. The lowest BCUT2D eigenvalue weighted by Gasteiger charge is -2.37. The average Bonchev–Trinajstić information content (AvgIpc) is 3.36. The minimum Gasteiger partial charge on any atom is -0.598 e. The fourth-order valence-corrected chi connectivity index (χ4v) is 5.19. The molecule has 1 amide bonds. The lowest BCUT2D eigenvalue weighted by Crippen LogP contribution is -2.46. The lowest BCUT2D eigenvalue weighted by molar-refractivity contribution is -0.108. The molecule has 1 aliphatic heterocycles. The molecule has 2 aromatic carbocycles. The van der Waals surface area contributed by atoms with Gasteiger partial charge in [-0.25, -0.2) is 0 Å². The van der Waals surface area contributed by atoms with Crippen LogP contribution in [0.2, 0.25) is 5.02 Å². The second-order valence-corrected chi connectivity index (χ2v) is 10.3. The molecule has 2 heterocycles. The SMILES string of the molecule is CN(Cc1ccc(-c2nnc(C(F)F)o2)cc1)c1ccc(Cl)cc1N(C=O)C1CCN([S+](C)[O-])CC1. The van der Waals surface area contributed by atoms with Crippen molar-refractivity contribution in [1.29, 1.82) is 0 Å². The highest BCUT2D eigenvalue weighted by molar-refractivity contribution is 7.88. The zero-order chi connectivity index (χ0) is 25.8. The number of hydrogen-bond donors (Lipinski definition) is 0. The minimum absolute atomic E-state index is 0.0280. The molecule has 192 valence electrons. The molecule has 8 nitrogen and oxygen atoms in total. The van der Waals surface area contributed by atoms with Crippen LogP contribution in [0.3, 0.4) is 0 Å². The average molecular weight is 538 g/mol. The Balaban J connectivity index is 1.50. The number of piperidine rings is 1. The number of alkyl halides is 2. The lowest BCUT2D eigenvalue weighted by atomic mass is 10.0. The first-order valence-corrected chi connectivity index (χ1v) is 13.2. The maximum Gasteiger partial charge on any atom is 0.314 e. The standard InChI is InChI=1S/C24H26ClF2N5O3S/c1-30(14-16-3-5-17(6-4-16)23-28-29-24(35-23)22(26)27)20-8-7-18(25)13-21(20)32(15-33)19-9-11-31(12-10-19)36(2)34/h3-8,13,15,19,22H,9-12,14H2,1-2H3. The minimum atomic E-state index is -2.82. The summed E-state index contributed by atoms with van der Waals surface area (Å²) >= 11 is 5.28. The van der Waals surface area contributed by atoms with Crippen LogP contribution in [-0.2, 0) is 22.7 Å². The van der Waals surface area contributed by atoms with Crippen LogP contribution in [0.1, 0.15) is 30.7 Å². The van der Waals surface area contributed by atoms with Gasteiger partial charge in [-0.15, -0.1) is 14.5 Å². The van der Waals surface area contributed by atoms with E-state index in [-0.39, 0.29) is 11.9 Å². The van der Waals surface area contributed by atoms with Gasteiger partial charge in [0.05, 0.1) is 11.4 Å². The van der Waals surface area contributed by atoms with Crippen molar-refractivity contribution in [1.82, 2.24) is 14.5 Å². The van der Waals surface area contributed by atoms with E-state index in [2.05, 4.69) is 10.2 Å². The molecule has 3 aromatic rings. The molecule has 1 fully saturated rings. The van der Waals surface area contributed by atoms with Crippen molar-refractivity contribution in [2.75, 3.05) is 36.2 Å². The number of hydrogen-bond acceptors (Lipinski definition) is 7. The first-order chi connectivity index (χ1) is 17.3. The number of anilines is 2. The number of benzene rings is 2. The molecule has 1 aliphatic rings. The summed E-state index contributed by atoms with van der Waals surface area (Å²) in [7, 11) is 1.92. The molecule has 0 aliphatic carbocycles. The number of carbonyl (C=O) groups excluding carboxylic acids is 1. The van der Waals surface area contributed by atoms with Gasteiger partial charge >= 0.3 is 6.43 Å². The summed E-state index contributed by atoms with van der Waals surface area (Å²) in [5.74, 6) is -0.679. The van der Waals surface area contributed by atoms with E-state index < -0.39 is 23.7 Å². The molecule has 1 unspecified atom stereocenters. The van der Waals surface area contributed by atoms with Crippen LogP contribution in [0.25, 0.3) is 11.5 Å². The van der Waals surface area contributed by atoms with Crippen LogP contribution in [0.15, 0.2) is 46.9 Å². The monoisotopic (exact) mass is 537 g/mol. The zero-order valence-electron chi connectivity index (χ0n) is 19.8. The Kier molecular flexibility index (Phi) is 8.45. The molecule has 0 radical (unpaired) electrons.